The van der Waals surface area contributed by atoms with Crippen LogP contribution >= 0.6 is 11.3 Å². The van der Waals surface area contributed by atoms with Crippen molar-refractivity contribution in [1.82, 2.24) is 5.32 Å². The van der Waals surface area contributed by atoms with E-state index in [1.165, 1.54) is 29.7 Å². The minimum atomic E-state index is -0.767. The Morgan fingerprint density at radius 3 is 2.52 bits per heavy atom. The lowest BCUT2D eigenvalue weighted by molar-refractivity contribution is -0.124. The van der Waals surface area contributed by atoms with Crippen molar-refractivity contribution in [2.45, 2.75) is 12.6 Å². The molecule has 0 aliphatic carbocycles. The van der Waals surface area contributed by atoms with E-state index in [2.05, 4.69) is 5.32 Å². The van der Waals surface area contributed by atoms with Crippen LogP contribution in [0, 0.1) is 5.82 Å². The molecule has 1 atom stereocenters. The van der Waals surface area contributed by atoms with Gasteiger partial charge in [-0.2, -0.15) is 0 Å². The lowest BCUT2D eigenvalue weighted by Gasteiger charge is -2.18. The quantitative estimate of drug-likeness (QED) is 0.347. The maximum Gasteiger partial charge on any atom is 0.375 e. The second-order valence-corrected chi connectivity index (χ2v) is 8.00. The van der Waals surface area contributed by atoms with Gasteiger partial charge in [0.1, 0.15) is 18.2 Å². The molecule has 4 rings (SSSR count). The summed E-state index contributed by atoms with van der Waals surface area (Å²) in [5, 5.41) is 4.72. The molecule has 0 saturated carbocycles. The Labute approximate surface area is 193 Å². The molecule has 0 aliphatic rings. The number of esters is 1. The van der Waals surface area contributed by atoms with Crippen LogP contribution in [-0.2, 0) is 16.1 Å². The minimum Gasteiger partial charge on any atom is -0.489 e. The first-order valence-electron chi connectivity index (χ1n) is 10.1. The van der Waals surface area contributed by atoms with Crippen LogP contribution in [0.3, 0.4) is 0 Å². The maximum absolute atomic E-state index is 13.3. The van der Waals surface area contributed by atoms with Crippen LogP contribution in [0.2, 0.25) is 0 Å². The lowest BCUT2D eigenvalue weighted by Crippen LogP contribution is -2.32. The van der Waals surface area contributed by atoms with Crippen molar-refractivity contribution in [2.24, 2.45) is 0 Å². The highest BCUT2D eigenvalue weighted by atomic mass is 32.1. The molecule has 0 aliphatic heterocycles. The minimum absolute atomic E-state index is 0.0212. The van der Waals surface area contributed by atoms with Gasteiger partial charge in [-0.1, -0.05) is 36.4 Å². The SMILES string of the molecule is O=C(COC(=O)c1occc1COc1ccccc1)NC(c1ccc(F)cc1)c1cccs1. The Morgan fingerprint density at radius 1 is 1.00 bits per heavy atom. The zero-order valence-corrected chi connectivity index (χ0v) is 18.2. The van der Waals surface area contributed by atoms with E-state index in [1.807, 2.05) is 35.7 Å². The van der Waals surface area contributed by atoms with Crippen molar-refractivity contribution >= 4 is 23.2 Å². The number of nitrogens with one attached hydrogen (secondary N) is 1. The van der Waals surface area contributed by atoms with Crippen LogP contribution in [-0.4, -0.2) is 18.5 Å². The first-order chi connectivity index (χ1) is 16.1. The second kappa shape index (κ2) is 10.6. The van der Waals surface area contributed by atoms with Gasteiger partial charge in [0.15, 0.2) is 6.61 Å². The van der Waals surface area contributed by atoms with E-state index >= 15 is 0 Å². The number of carbonyl (C=O) groups excluding carboxylic acids is 2. The topological polar surface area (TPSA) is 77.8 Å². The average molecular weight is 466 g/mol. The number of hydrogen-bond donors (Lipinski definition) is 1. The average Bonchev–Trinajstić information content (AvgIpc) is 3.53. The molecule has 0 fully saturated rings. The van der Waals surface area contributed by atoms with Crippen LogP contribution in [0.5, 0.6) is 5.75 Å². The molecular formula is C25H20FNO5S. The molecule has 2 aromatic carbocycles. The van der Waals surface area contributed by atoms with Crippen molar-refractivity contribution < 1.29 is 27.9 Å². The summed E-state index contributed by atoms with van der Waals surface area (Å²) in [4.78, 5) is 25.9. The summed E-state index contributed by atoms with van der Waals surface area (Å²) in [7, 11) is 0. The summed E-state index contributed by atoms with van der Waals surface area (Å²) in [5.41, 5.74) is 1.22. The molecule has 0 radical (unpaired) electrons. The van der Waals surface area contributed by atoms with Gasteiger partial charge in [-0.25, -0.2) is 9.18 Å². The number of thiophene rings is 1. The molecule has 1 N–H and O–H groups in total. The fourth-order valence-electron chi connectivity index (χ4n) is 3.14. The van der Waals surface area contributed by atoms with E-state index in [0.29, 0.717) is 16.9 Å². The molecule has 0 bridgehead atoms. The molecule has 33 heavy (non-hydrogen) atoms. The summed E-state index contributed by atoms with van der Waals surface area (Å²) in [6, 6.07) is 19.9. The van der Waals surface area contributed by atoms with E-state index < -0.39 is 24.5 Å². The molecule has 0 spiro atoms. The summed E-state index contributed by atoms with van der Waals surface area (Å²) >= 11 is 1.45. The Kier molecular flexibility index (Phi) is 7.16. The van der Waals surface area contributed by atoms with Crippen molar-refractivity contribution in [3.8, 4) is 5.75 Å². The van der Waals surface area contributed by atoms with E-state index in [-0.39, 0.29) is 18.2 Å². The highest BCUT2D eigenvalue weighted by molar-refractivity contribution is 7.10. The third kappa shape index (κ3) is 5.87. The molecule has 4 aromatic rings. The summed E-state index contributed by atoms with van der Waals surface area (Å²) in [6.45, 7) is -0.385. The third-order valence-corrected chi connectivity index (χ3v) is 5.68. The van der Waals surface area contributed by atoms with Crippen LogP contribution in [0.4, 0.5) is 4.39 Å². The Bertz CT molecular complexity index is 1190. The van der Waals surface area contributed by atoms with E-state index in [0.717, 1.165) is 4.88 Å². The molecular weight excluding hydrogens is 445 g/mol. The van der Waals surface area contributed by atoms with Crippen LogP contribution in [0.25, 0.3) is 0 Å². The highest BCUT2D eigenvalue weighted by Gasteiger charge is 2.22. The number of furan rings is 1. The zero-order chi connectivity index (χ0) is 23.0. The highest BCUT2D eigenvalue weighted by Crippen LogP contribution is 2.26. The van der Waals surface area contributed by atoms with Gasteiger partial charge in [0.2, 0.25) is 5.76 Å². The van der Waals surface area contributed by atoms with Gasteiger partial charge in [-0.3, -0.25) is 4.79 Å². The summed E-state index contributed by atoms with van der Waals surface area (Å²) < 4.78 is 29.4. The first kappa shape index (κ1) is 22.3. The maximum atomic E-state index is 13.3. The fraction of sp³-hybridized carbons (Fsp3) is 0.120. The van der Waals surface area contributed by atoms with Crippen molar-refractivity contribution in [2.75, 3.05) is 6.61 Å². The first-order valence-corrected chi connectivity index (χ1v) is 11.0. The molecule has 6 nitrogen and oxygen atoms in total. The van der Waals surface area contributed by atoms with E-state index in [9.17, 15) is 14.0 Å². The fourth-order valence-corrected chi connectivity index (χ4v) is 3.94. The van der Waals surface area contributed by atoms with Gasteiger partial charge in [-0.05, 0) is 47.3 Å². The van der Waals surface area contributed by atoms with Crippen LogP contribution in [0.15, 0.2) is 88.9 Å². The molecule has 168 valence electrons. The number of para-hydroxylation sites is 1. The predicted octanol–water partition coefficient (Wildman–Crippen LogP) is 5.12. The number of ether oxygens (including phenoxy) is 2. The van der Waals surface area contributed by atoms with Gasteiger partial charge in [0.25, 0.3) is 5.91 Å². The Morgan fingerprint density at radius 2 is 1.79 bits per heavy atom. The molecule has 1 unspecified atom stereocenters. The number of amides is 1. The largest absolute Gasteiger partial charge is 0.489 e. The zero-order valence-electron chi connectivity index (χ0n) is 17.4. The smallest absolute Gasteiger partial charge is 0.375 e. The second-order valence-electron chi connectivity index (χ2n) is 7.02. The number of benzene rings is 2. The van der Waals surface area contributed by atoms with Crippen molar-refractivity contribution in [3.63, 3.8) is 0 Å². The Balaban J connectivity index is 1.36. The third-order valence-electron chi connectivity index (χ3n) is 4.74. The number of hydrogen-bond acceptors (Lipinski definition) is 6. The Hall–Kier alpha value is -3.91. The summed E-state index contributed by atoms with van der Waals surface area (Å²) in [6.07, 6.45) is 1.36. The summed E-state index contributed by atoms with van der Waals surface area (Å²) in [5.74, 6) is -1.00. The van der Waals surface area contributed by atoms with Gasteiger partial charge in [0.05, 0.1) is 12.3 Å². The van der Waals surface area contributed by atoms with E-state index in [1.54, 1.807) is 30.3 Å². The lowest BCUT2D eigenvalue weighted by atomic mass is 10.1. The molecule has 2 aromatic heterocycles. The van der Waals surface area contributed by atoms with Crippen molar-refractivity contribution in [1.29, 1.82) is 0 Å². The monoisotopic (exact) mass is 465 g/mol. The molecule has 0 saturated heterocycles. The predicted molar refractivity (Wildman–Crippen MR) is 120 cm³/mol. The number of rotatable bonds is 9. The van der Waals surface area contributed by atoms with Gasteiger partial charge < -0.3 is 19.2 Å². The molecule has 1 amide bonds. The number of carbonyl (C=O) groups is 2. The van der Waals surface area contributed by atoms with Crippen LogP contribution in [0.1, 0.15) is 32.6 Å². The molecule has 2 heterocycles. The standard InChI is InChI=1S/C25H20FNO5S/c26-19-10-8-17(9-11-19)23(21-7-4-14-33-21)27-22(28)16-32-25(29)24-18(12-13-30-24)15-31-20-5-2-1-3-6-20/h1-14,23H,15-16H2,(H,27,28). The number of halogens is 1. The van der Waals surface area contributed by atoms with Gasteiger partial charge >= 0.3 is 5.97 Å². The normalized spacial score (nSPS) is 11.5. The van der Waals surface area contributed by atoms with Gasteiger partial charge in [0, 0.05) is 10.4 Å². The van der Waals surface area contributed by atoms with Gasteiger partial charge in [-0.15, -0.1) is 11.3 Å². The van der Waals surface area contributed by atoms with Crippen molar-refractivity contribution in [3.05, 3.63) is 112 Å². The van der Waals surface area contributed by atoms with E-state index in [4.69, 9.17) is 13.9 Å². The van der Waals surface area contributed by atoms with Crippen LogP contribution < -0.4 is 10.1 Å². The molecule has 8 heteroatoms.